The maximum atomic E-state index is 11.6. The number of pyridine rings is 1. The van der Waals surface area contributed by atoms with Gasteiger partial charge < -0.3 is 16.3 Å². The van der Waals surface area contributed by atoms with Crippen molar-refractivity contribution in [3.05, 3.63) is 58.6 Å². The van der Waals surface area contributed by atoms with Gasteiger partial charge in [0.2, 0.25) is 0 Å². The molecule has 0 bridgehead atoms. The third kappa shape index (κ3) is 2.36. The van der Waals surface area contributed by atoms with Gasteiger partial charge in [-0.05, 0) is 23.8 Å². The number of nitrogens with zero attached hydrogens (tertiary/aromatic N) is 3. The molecule has 0 aliphatic carbocycles. The van der Waals surface area contributed by atoms with E-state index in [-0.39, 0.29) is 5.65 Å². The van der Waals surface area contributed by atoms with Gasteiger partial charge in [-0.1, -0.05) is 18.2 Å². The smallest absolute Gasteiger partial charge is 0.384 e. The number of hydrogen-bond donors (Lipinski definition) is 3. The van der Waals surface area contributed by atoms with Crippen molar-refractivity contribution in [3.8, 4) is 0 Å². The SMILES string of the molecule is Nc1ccccc1CNc1nc(=O)n(O)c2ncccc12. The van der Waals surface area contributed by atoms with Crippen molar-refractivity contribution in [3.63, 3.8) is 0 Å². The van der Waals surface area contributed by atoms with Crippen LogP contribution in [0.5, 0.6) is 0 Å². The summed E-state index contributed by atoms with van der Waals surface area (Å²) in [4.78, 5) is 19.4. The average molecular weight is 283 g/mol. The van der Waals surface area contributed by atoms with Crippen LogP contribution in [0, 0.1) is 0 Å². The van der Waals surface area contributed by atoms with Crippen LogP contribution in [-0.2, 0) is 6.54 Å². The molecular weight excluding hydrogens is 270 g/mol. The molecule has 0 atom stereocenters. The first-order valence-corrected chi connectivity index (χ1v) is 6.31. The van der Waals surface area contributed by atoms with Crippen molar-refractivity contribution in [1.29, 1.82) is 0 Å². The zero-order chi connectivity index (χ0) is 14.8. The highest BCUT2D eigenvalue weighted by Crippen LogP contribution is 2.18. The Hall–Kier alpha value is -3.09. The lowest BCUT2D eigenvalue weighted by molar-refractivity contribution is 0.182. The van der Waals surface area contributed by atoms with Gasteiger partial charge in [0.1, 0.15) is 5.82 Å². The number of nitrogen functional groups attached to an aromatic ring is 1. The Labute approximate surface area is 119 Å². The summed E-state index contributed by atoms with van der Waals surface area (Å²) in [7, 11) is 0. The molecule has 2 aromatic heterocycles. The number of fused-ring (bicyclic) bond motifs is 1. The fourth-order valence-corrected chi connectivity index (χ4v) is 2.05. The summed E-state index contributed by atoms with van der Waals surface area (Å²) in [5.41, 5.74) is 6.79. The highest BCUT2D eigenvalue weighted by Gasteiger charge is 2.10. The summed E-state index contributed by atoms with van der Waals surface area (Å²) in [6.07, 6.45) is 1.49. The maximum absolute atomic E-state index is 11.6. The molecule has 106 valence electrons. The molecule has 1 aromatic carbocycles. The van der Waals surface area contributed by atoms with Crippen LogP contribution in [0.2, 0.25) is 0 Å². The van der Waals surface area contributed by atoms with E-state index in [9.17, 15) is 10.0 Å². The van der Waals surface area contributed by atoms with Gasteiger partial charge in [0.05, 0.1) is 5.39 Å². The molecule has 0 amide bonds. The molecule has 7 nitrogen and oxygen atoms in total. The zero-order valence-corrected chi connectivity index (χ0v) is 11.0. The van der Waals surface area contributed by atoms with E-state index in [0.29, 0.717) is 28.2 Å². The number of hydrogen-bond acceptors (Lipinski definition) is 6. The number of anilines is 2. The van der Waals surface area contributed by atoms with Crippen LogP contribution in [-0.4, -0.2) is 19.9 Å². The van der Waals surface area contributed by atoms with Gasteiger partial charge in [0.15, 0.2) is 5.65 Å². The van der Waals surface area contributed by atoms with Crippen LogP contribution < -0.4 is 16.7 Å². The van der Waals surface area contributed by atoms with E-state index in [1.807, 2.05) is 18.2 Å². The van der Waals surface area contributed by atoms with E-state index in [4.69, 9.17) is 5.73 Å². The second kappa shape index (κ2) is 5.12. The number of benzene rings is 1. The Bertz CT molecular complexity index is 859. The first-order valence-electron chi connectivity index (χ1n) is 6.31. The third-order valence-electron chi connectivity index (χ3n) is 3.13. The van der Waals surface area contributed by atoms with E-state index in [1.54, 1.807) is 18.2 Å². The van der Waals surface area contributed by atoms with Gasteiger partial charge >= 0.3 is 5.69 Å². The minimum absolute atomic E-state index is 0.154. The molecule has 3 rings (SSSR count). The lowest BCUT2D eigenvalue weighted by Gasteiger charge is -2.10. The number of nitrogens with one attached hydrogen (secondary N) is 1. The number of rotatable bonds is 3. The normalized spacial score (nSPS) is 10.7. The Balaban J connectivity index is 2.00. The van der Waals surface area contributed by atoms with E-state index in [1.165, 1.54) is 6.20 Å². The van der Waals surface area contributed by atoms with Crippen LogP contribution in [0.1, 0.15) is 5.56 Å². The largest absolute Gasteiger partial charge is 0.422 e. The standard InChI is InChI=1S/C14H13N5O2/c15-11-6-2-1-4-9(11)8-17-12-10-5-3-7-16-13(10)19(21)14(20)18-12/h1-7,21H,8,15H2,(H,17,18,20). The summed E-state index contributed by atoms with van der Waals surface area (Å²) < 4.78 is 0.428. The van der Waals surface area contributed by atoms with Crippen molar-refractivity contribution in [1.82, 2.24) is 14.7 Å². The lowest BCUT2D eigenvalue weighted by atomic mass is 10.2. The van der Waals surface area contributed by atoms with E-state index >= 15 is 0 Å². The molecule has 0 unspecified atom stereocenters. The first kappa shape index (κ1) is 12.9. The maximum Gasteiger partial charge on any atom is 0.384 e. The summed E-state index contributed by atoms with van der Waals surface area (Å²) in [6.45, 7) is 0.415. The molecule has 0 saturated heterocycles. The van der Waals surface area contributed by atoms with E-state index in [0.717, 1.165) is 5.56 Å². The Morgan fingerprint density at radius 3 is 2.86 bits per heavy atom. The molecular formula is C14H13N5O2. The molecule has 0 aliphatic rings. The number of aromatic nitrogens is 3. The molecule has 0 aliphatic heterocycles. The van der Waals surface area contributed by atoms with Crippen LogP contribution in [0.15, 0.2) is 47.4 Å². The minimum atomic E-state index is -0.787. The quantitative estimate of drug-likeness (QED) is 0.493. The topological polar surface area (TPSA) is 106 Å². The number of para-hydroxylation sites is 1. The Morgan fingerprint density at radius 2 is 2.05 bits per heavy atom. The zero-order valence-electron chi connectivity index (χ0n) is 11.0. The monoisotopic (exact) mass is 283 g/mol. The van der Waals surface area contributed by atoms with Crippen LogP contribution in [0.3, 0.4) is 0 Å². The van der Waals surface area contributed by atoms with Crippen molar-refractivity contribution in [2.45, 2.75) is 6.54 Å². The van der Waals surface area contributed by atoms with Crippen LogP contribution in [0.25, 0.3) is 11.0 Å². The lowest BCUT2D eigenvalue weighted by Crippen LogP contribution is -2.23. The van der Waals surface area contributed by atoms with Crippen molar-refractivity contribution < 1.29 is 5.21 Å². The van der Waals surface area contributed by atoms with E-state index in [2.05, 4.69) is 15.3 Å². The summed E-state index contributed by atoms with van der Waals surface area (Å²) in [5, 5.41) is 13.3. The molecule has 3 aromatic rings. The molecule has 0 saturated carbocycles. The summed E-state index contributed by atoms with van der Waals surface area (Å²) in [5.74, 6) is 0.358. The molecule has 7 heteroatoms. The molecule has 2 heterocycles. The van der Waals surface area contributed by atoms with E-state index < -0.39 is 5.69 Å². The fraction of sp³-hybridized carbons (Fsp3) is 0.0714. The third-order valence-corrected chi connectivity index (χ3v) is 3.13. The predicted octanol–water partition coefficient (Wildman–Crippen LogP) is 1.22. The van der Waals surface area contributed by atoms with Crippen LogP contribution in [0.4, 0.5) is 11.5 Å². The molecule has 0 fully saturated rings. The highest BCUT2D eigenvalue weighted by atomic mass is 16.5. The second-order valence-electron chi connectivity index (χ2n) is 4.48. The molecule has 0 radical (unpaired) electrons. The molecule has 4 N–H and O–H groups in total. The van der Waals surface area contributed by atoms with Crippen molar-refractivity contribution in [2.75, 3.05) is 11.1 Å². The van der Waals surface area contributed by atoms with Crippen molar-refractivity contribution in [2.24, 2.45) is 0 Å². The van der Waals surface area contributed by atoms with Gasteiger partial charge in [-0.25, -0.2) is 9.78 Å². The average Bonchev–Trinajstić information content (AvgIpc) is 2.51. The van der Waals surface area contributed by atoms with Gasteiger partial charge in [0.25, 0.3) is 0 Å². The van der Waals surface area contributed by atoms with Crippen LogP contribution >= 0.6 is 0 Å². The molecule has 0 spiro atoms. The highest BCUT2D eigenvalue weighted by molar-refractivity contribution is 5.86. The van der Waals surface area contributed by atoms with Gasteiger partial charge in [-0.3, -0.25) is 0 Å². The summed E-state index contributed by atoms with van der Waals surface area (Å²) >= 11 is 0. The summed E-state index contributed by atoms with van der Waals surface area (Å²) in [6, 6.07) is 10.8. The first-order chi connectivity index (χ1) is 10.2. The second-order valence-corrected chi connectivity index (χ2v) is 4.48. The molecule has 21 heavy (non-hydrogen) atoms. The van der Waals surface area contributed by atoms with Gasteiger partial charge in [-0.15, -0.1) is 4.73 Å². The minimum Gasteiger partial charge on any atom is -0.422 e. The van der Waals surface area contributed by atoms with Crippen molar-refractivity contribution >= 4 is 22.5 Å². The Kier molecular flexibility index (Phi) is 3.15. The Morgan fingerprint density at radius 1 is 1.24 bits per heavy atom. The number of nitrogens with two attached hydrogens (primary N) is 1. The predicted molar refractivity (Wildman–Crippen MR) is 79.2 cm³/mol. The van der Waals surface area contributed by atoms with Gasteiger partial charge in [-0.2, -0.15) is 4.98 Å². The van der Waals surface area contributed by atoms with Gasteiger partial charge in [0, 0.05) is 18.4 Å². The fourth-order valence-electron chi connectivity index (χ4n) is 2.05.